The van der Waals surface area contributed by atoms with Crippen molar-refractivity contribution in [3.8, 4) is 0 Å². The van der Waals surface area contributed by atoms with Crippen molar-refractivity contribution in [1.29, 1.82) is 0 Å². The molecule has 1 aliphatic rings. The minimum Gasteiger partial charge on any atom is -0.361 e. The molecule has 1 aliphatic heterocycles. The Morgan fingerprint density at radius 1 is 0.968 bits per heavy atom. The molecule has 2 aromatic heterocycles. The summed E-state index contributed by atoms with van der Waals surface area (Å²) in [5.74, 6) is -1.34. The number of para-hydroxylation sites is 2. The molecule has 0 unspecified atom stereocenters. The zero-order chi connectivity index (χ0) is 21.4. The molecule has 0 saturated heterocycles. The Labute approximate surface area is 175 Å². The molecule has 4 aromatic rings. The van der Waals surface area contributed by atoms with E-state index < -0.39 is 11.8 Å². The van der Waals surface area contributed by atoms with E-state index in [1.165, 1.54) is 10.9 Å². The molecule has 9 heteroatoms. The quantitative estimate of drug-likeness (QED) is 0.433. The maximum atomic E-state index is 12.6. The molecule has 0 radical (unpaired) electrons. The van der Waals surface area contributed by atoms with Crippen LogP contribution in [0.2, 0.25) is 0 Å². The van der Waals surface area contributed by atoms with Crippen LogP contribution in [0.15, 0.2) is 67.0 Å². The molecule has 3 amide bonds. The van der Waals surface area contributed by atoms with Gasteiger partial charge in [0.15, 0.2) is 0 Å². The molecule has 152 valence electrons. The molecule has 2 aromatic carbocycles. The van der Waals surface area contributed by atoms with E-state index in [0.29, 0.717) is 11.3 Å². The van der Waals surface area contributed by atoms with Crippen molar-refractivity contribution in [2.75, 3.05) is 5.32 Å². The molecular formula is C22H16N6O3. The summed E-state index contributed by atoms with van der Waals surface area (Å²) in [4.78, 5) is 40.5. The number of anilines is 1. The molecule has 0 spiro atoms. The second-order valence-corrected chi connectivity index (χ2v) is 7.00. The van der Waals surface area contributed by atoms with Crippen molar-refractivity contribution in [3.63, 3.8) is 0 Å². The number of carbonyl (C=O) groups excluding carboxylic acids is 3. The van der Waals surface area contributed by atoms with Crippen molar-refractivity contribution < 1.29 is 14.4 Å². The predicted molar refractivity (Wildman–Crippen MR) is 113 cm³/mol. The third-order valence-corrected chi connectivity index (χ3v) is 4.95. The fraction of sp³-hybridized carbons (Fsp3) is 0.0455. The third kappa shape index (κ3) is 3.38. The minimum atomic E-state index is -0.550. The molecule has 9 nitrogen and oxygen atoms in total. The first-order chi connectivity index (χ1) is 15.1. The lowest BCUT2D eigenvalue weighted by Gasteiger charge is -2.04. The fourth-order valence-electron chi connectivity index (χ4n) is 3.59. The average Bonchev–Trinajstić information content (AvgIpc) is 3.45. The molecule has 3 N–H and O–H groups in total. The Balaban J connectivity index is 1.47. The van der Waals surface area contributed by atoms with Gasteiger partial charge in [-0.15, -0.1) is 5.10 Å². The van der Waals surface area contributed by atoms with E-state index >= 15 is 0 Å². The maximum absolute atomic E-state index is 12.6. The number of imide groups is 1. The number of hydrogen-bond donors (Lipinski definition) is 3. The van der Waals surface area contributed by atoms with Gasteiger partial charge in [0.25, 0.3) is 11.8 Å². The van der Waals surface area contributed by atoms with E-state index in [2.05, 4.69) is 25.9 Å². The number of nitrogens with one attached hydrogen (secondary N) is 3. The Morgan fingerprint density at radius 2 is 1.71 bits per heavy atom. The van der Waals surface area contributed by atoms with Gasteiger partial charge in [0, 0.05) is 28.4 Å². The van der Waals surface area contributed by atoms with Gasteiger partial charge in [-0.25, -0.2) is 4.68 Å². The van der Waals surface area contributed by atoms with Crippen LogP contribution in [0, 0.1) is 0 Å². The van der Waals surface area contributed by atoms with Crippen LogP contribution in [0.3, 0.4) is 0 Å². The zero-order valence-corrected chi connectivity index (χ0v) is 16.1. The van der Waals surface area contributed by atoms with Crippen LogP contribution in [-0.4, -0.2) is 37.7 Å². The molecule has 31 heavy (non-hydrogen) atoms. The second kappa shape index (κ2) is 7.38. The van der Waals surface area contributed by atoms with E-state index in [1.807, 2.05) is 42.5 Å². The predicted octanol–water partition coefficient (Wildman–Crippen LogP) is 1.97. The van der Waals surface area contributed by atoms with E-state index in [4.69, 9.17) is 0 Å². The van der Waals surface area contributed by atoms with Gasteiger partial charge in [-0.1, -0.05) is 41.6 Å². The Morgan fingerprint density at radius 3 is 2.55 bits per heavy atom. The van der Waals surface area contributed by atoms with Gasteiger partial charge in [-0.05, 0) is 18.2 Å². The number of H-pyrrole nitrogens is 1. The lowest BCUT2D eigenvalue weighted by Crippen LogP contribution is -2.22. The summed E-state index contributed by atoms with van der Waals surface area (Å²) in [6.07, 6.45) is 3.17. The first-order valence-electron chi connectivity index (χ1n) is 9.52. The molecule has 0 saturated carbocycles. The lowest BCUT2D eigenvalue weighted by atomic mass is 9.99. The van der Waals surface area contributed by atoms with Gasteiger partial charge in [0.1, 0.15) is 12.2 Å². The van der Waals surface area contributed by atoms with E-state index in [1.54, 1.807) is 18.3 Å². The summed E-state index contributed by atoms with van der Waals surface area (Å²) in [5, 5.41) is 13.9. The highest BCUT2D eigenvalue weighted by molar-refractivity contribution is 6.49. The average molecular weight is 412 g/mol. The van der Waals surface area contributed by atoms with Gasteiger partial charge in [-0.2, -0.15) is 0 Å². The normalized spacial score (nSPS) is 13.7. The van der Waals surface area contributed by atoms with Gasteiger partial charge < -0.3 is 10.3 Å². The number of aromatic nitrogens is 4. The fourth-order valence-corrected chi connectivity index (χ4v) is 3.59. The summed E-state index contributed by atoms with van der Waals surface area (Å²) in [7, 11) is 0. The van der Waals surface area contributed by atoms with Crippen LogP contribution in [0.25, 0.3) is 22.0 Å². The van der Waals surface area contributed by atoms with Crippen molar-refractivity contribution in [2.24, 2.45) is 0 Å². The first kappa shape index (κ1) is 18.5. The van der Waals surface area contributed by atoms with Crippen LogP contribution in [-0.2, 0) is 20.9 Å². The van der Waals surface area contributed by atoms with Crippen LogP contribution >= 0.6 is 0 Å². The molecular weight excluding hydrogens is 396 g/mol. The minimum absolute atomic E-state index is 0.0901. The number of fused-ring (bicyclic) bond motifs is 1. The van der Waals surface area contributed by atoms with Crippen molar-refractivity contribution in [2.45, 2.75) is 6.54 Å². The van der Waals surface area contributed by atoms with Crippen LogP contribution in [0.4, 0.5) is 5.69 Å². The molecule has 0 bridgehead atoms. The Kier molecular flexibility index (Phi) is 4.40. The molecule has 0 aliphatic carbocycles. The number of benzene rings is 2. The largest absolute Gasteiger partial charge is 0.361 e. The van der Waals surface area contributed by atoms with E-state index in [9.17, 15) is 14.4 Å². The zero-order valence-electron chi connectivity index (χ0n) is 16.1. The Bertz CT molecular complexity index is 1370. The topological polar surface area (TPSA) is 122 Å². The summed E-state index contributed by atoms with van der Waals surface area (Å²) in [6.45, 7) is -0.0901. The van der Waals surface area contributed by atoms with Crippen LogP contribution < -0.4 is 10.6 Å². The van der Waals surface area contributed by atoms with Crippen molar-refractivity contribution in [3.05, 3.63) is 78.2 Å². The second-order valence-electron chi connectivity index (χ2n) is 7.00. The van der Waals surface area contributed by atoms with Gasteiger partial charge in [0.05, 0.1) is 17.3 Å². The number of hydrogen-bond acceptors (Lipinski definition) is 5. The lowest BCUT2D eigenvalue weighted by molar-refractivity contribution is -0.123. The number of nitrogens with zero attached hydrogens (tertiary/aromatic N) is 3. The summed E-state index contributed by atoms with van der Waals surface area (Å²) < 4.78 is 1.32. The maximum Gasteiger partial charge on any atom is 0.261 e. The monoisotopic (exact) mass is 412 g/mol. The Hall–Kier alpha value is -4.53. The highest BCUT2D eigenvalue weighted by atomic mass is 16.2. The molecule has 5 rings (SSSR count). The number of amides is 3. The SMILES string of the molecule is O=C(Cn1cc(C2=C(c3c[nH]c4ccccc34)C(=O)NC2=O)nn1)Nc1ccccc1. The van der Waals surface area contributed by atoms with Gasteiger partial charge in [0.2, 0.25) is 5.91 Å². The number of aromatic amines is 1. The van der Waals surface area contributed by atoms with Crippen molar-refractivity contribution in [1.82, 2.24) is 25.3 Å². The smallest absolute Gasteiger partial charge is 0.261 e. The van der Waals surface area contributed by atoms with E-state index in [0.717, 1.165) is 10.9 Å². The third-order valence-electron chi connectivity index (χ3n) is 4.95. The standard InChI is InChI=1S/C22H16N6O3/c29-18(24-13-6-2-1-3-7-13)12-28-11-17(26-27-28)20-19(21(30)25-22(20)31)15-10-23-16-9-5-4-8-14(15)16/h1-11,23H,12H2,(H,24,29)(H,25,30,31). The summed E-state index contributed by atoms with van der Waals surface area (Å²) >= 11 is 0. The molecule has 3 heterocycles. The highest BCUT2D eigenvalue weighted by Gasteiger charge is 2.35. The van der Waals surface area contributed by atoms with Crippen LogP contribution in [0.5, 0.6) is 0 Å². The molecule has 0 atom stereocenters. The van der Waals surface area contributed by atoms with E-state index in [-0.39, 0.29) is 29.3 Å². The van der Waals surface area contributed by atoms with Crippen LogP contribution in [0.1, 0.15) is 11.3 Å². The van der Waals surface area contributed by atoms with Gasteiger partial charge >= 0.3 is 0 Å². The van der Waals surface area contributed by atoms with Gasteiger partial charge in [-0.3, -0.25) is 19.7 Å². The first-order valence-corrected chi connectivity index (χ1v) is 9.52. The van der Waals surface area contributed by atoms with Crippen molar-refractivity contribution >= 4 is 45.5 Å². The summed E-state index contributed by atoms with van der Waals surface area (Å²) in [5.41, 5.74) is 2.69. The number of carbonyl (C=O) groups is 3. The summed E-state index contributed by atoms with van der Waals surface area (Å²) in [6, 6.07) is 16.5. The highest BCUT2D eigenvalue weighted by Crippen LogP contribution is 2.34. The molecule has 0 fully saturated rings. The number of rotatable bonds is 5.